The number of phenols is 1. The van der Waals surface area contributed by atoms with Crippen LogP contribution in [0, 0.1) is 20.8 Å². The fourth-order valence-electron chi connectivity index (χ4n) is 5.40. The van der Waals surface area contributed by atoms with Gasteiger partial charge in [0.25, 0.3) is 0 Å². The summed E-state index contributed by atoms with van der Waals surface area (Å²) >= 11 is 0. The van der Waals surface area contributed by atoms with Crippen molar-refractivity contribution in [3.8, 4) is 11.6 Å². The molecule has 2 N–H and O–H groups in total. The summed E-state index contributed by atoms with van der Waals surface area (Å²) in [6, 6.07) is 27.1. The number of benzene rings is 3. The van der Waals surface area contributed by atoms with E-state index in [0.717, 1.165) is 33.9 Å². The molecule has 8 heteroatoms. The Morgan fingerprint density at radius 1 is 0.825 bits per heavy atom. The van der Waals surface area contributed by atoms with E-state index in [9.17, 15) is 5.11 Å². The number of aromatic hydroxyl groups is 1. The van der Waals surface area contributed by atoms with Crippen molar-refractivity contribution in [1.29, 1.82) is 0 Å². The molecule has 0 saturated heterocycles. The van der Waals surface area contributed by atoms with E-state index >= 15 is 0 Å². The molecule has 1 atom stereocenters. The third-order valence-electron chi connectivity index (χ3n) is 7.46. The quantitative estimate of drug-likeness (QED) is 0.274. The van der Waals surface area contributed by atoms with Crippen molar-refractivity contribution < 1.29 is 5.11 Å². The molecule has 7 rings (SSSR count). The van der Waals surface area contributed by atoms with Crippen molar-refractivity contribution in [2.24, 2.45) is 9.98 Å². The zero-order valence-corrected chi connectivity index (χ0v) is 22.4. The monoisotopic (exact) mass is 525 g/mol. The van der Waals surface area contributed by atoms with Crippen LogP contribution >= 0.6 is 0 Å². The van der Waals surface area contributed by atoms with E-state index in [0.29, 0.717) is 23.3 Å². The van der Waals surface area contributed by atoms with Crippen LogP contribution in [0.15, 0.2) is 101 Å². The van der Waals surface area contributed by atoms with Gasteiger partial charge in [-0.15, -0.1) is 0 Å². The lowest BCUT2D eigenvalue weighted by molar-refractivity contribution is 0.474. The SMILES string of the molecule is Cc1ccc(NC2=Nc3ccccc3N3C2=Nc2c(c(C)nn2-c2ccccn2)[C@H]3c2cccc(O)c2)cc1C. The Balaban J connectivity index is 1.50. The number of hydrogen-bond acceptors (Lipinski definition) is 7. The van der Waals surface area contributed by atoms with Crippen LogP contribution in [0.25, 0.3) is 5.82 Å². The molecule has 0 unspecified atom stereocenters. The van der Waals surface area contributed by atoms with Crippen molar-refractivity contribution in [1.82, 2.24) is 14.8 Å². The summed E-state index contributed by atoms with van der Waals surface area (Å²) in [5.41, 5.74) is 7.79. The van der Waals surface area contributed by atoms with Gasteiger partial charge >= 0.3 is 0 Å². The number of rotatable bonds is 3. The van der Waals surface area contributed by atoms with Crippen LogP contribution < -0.4 is 10.2 Å². The van der Waals surface area contributed by atoms with Gasteiger partial charge in [0.2, 0.25) is 0 Å². The molecule has 0 aliphatic carbocycles. The lowest BCUT2D eigenvalue weighted by Crippen LogP contribution is -2.46. The maximum absolute atomic E-state index is 10.5. The van der Waals surface area contributed by atoms with Gasteiger partial charge in [-0.3, -0.25) is 0 Å². The summed E-state index contributed by atoms with van der Waals surface area (Å²) in [7, 11) is 0. The first-order chi connectivity index (χ1) is 19.5. The highest BCUT2D eigenvalue weighted by molar-refractivity contribution is 6.51. The van der Waals surface area contributed by atoms with Crippen LogP contribution in [0.1, 0.15) is 34.0 Å². The molecule has 4 heterocycles. The molecular weight excluding hydrogens is 498 g/mol. The number of hydrogen-bond donors (Lipinski definition) is 2. The largest absolute Gasteiger partial charge is 0.508 e. The number of aliphatic imine (C=N–C) groups is 2. The Morgan fingerprint density at radius 3 is 2.48 bits per heavy atom. The molecule has 0 radical (unpaired) electrons. The number of pyridine rings is 1. The van der Waals surface area contributed by atoms with Crippen LogP contribution in [0.2, 0.25) is 0 Å². The number of nitrogens with zero attached hydrogens (tertiary/aromatic N) is 6. The smallest absolute Gasteiger partial charge is 0.179 e. The van der Waals surface area contributed by atoms with Gasteiger partial charge < -0.3 is 15.3 Å². The first-order valence-corrected chi connectivity index (χ1v) is 13.2. The van der Waals surface area contributed by atoms with Gasteiger partial charge in [0, 0.05) is 17.4 Å². The number of phenolic OH excluding ortho intramolecular Hbond substituents is 1. The molecular formula is C32H27N7O. The maximum Gasteiger partial charge on any atom is 0.179 e. The fourth-order valence-corrected chi connectivity index (χ4v) is 5.40. The van der Waals surface area contributed by atoms with E-state index in [4.69, 9.17) is 15.1 Å². The number of aryl methyl sites for hydroxylation is 3. The molecule has 0 bridgehead atoms. The number of nitrogens with one attached hydrogen (secondary N) is 1. The highest BCUT2D eigenvalue weighted by atomic mass is 16.3. The second-order valence-electron chi connectivity index (χ2n) is 10.1. The molecule has 2 aliphatic heterocycles. The number of amidine groups is 2. The Hall–Kier alpha value is -5.24. The minimum Gasteiger partial charge on any atom is -0.508 e. The Kier molecular flexibility index (Phi) is 5.48. The Labute approximate surface area is 232 Å². The van der Waals surface area contributed by atoms with E-state index in [1.165, 1.54) is 11.1 Å². The number of para-hydroxylation sites is 2. The zero-order valence-electron chi connectivity index (χ0n) is 22.4. The first-order valence-electron chi connectivity index (χ1n) is 13.2. The number of aromatic nitrogens is 3. The van der Waals surface area contributed by atoms with Gasteiger partial charge in [0.05, 0.1) is 23.1 Å². The molecule has 2 aromatic heterocycles. The number of fused-ring (bicyclic) bond motifs is 4. The highest BCUT2D eigenvalue weighted by Crippen LogP contribution is 2.48. The van der Waals surface area contributed by atoms with Crippen molar-refractivity contribution in [3.63, 3.8) is 0 Å². The van der Waals surface area contributed by atoms with Gasteiger partial charge in [0.1, 0.15) is 5.75 Å². The fraction of sp³-hybridized carbons (Fsp3) is 0.125. The van der Waals surface area contributed by atoms with Crippen molar-refractivity contribution in [2.75, 3.05) is 10.2 Å². The van der Waals surface area contributed by atoms with E-state index < -0.39 is 0 Å². The summed E-state index contributed by atoms with van der Waals surface area (Å²) in [6.45, 7) is 6.19. The lowest BCUT2D eigenvalue weighted by atomic mass is 9.93. The summed E-state index contributed by atoms with van der Waals surface area (Å²) in [5.74, 6) is 2.85. The zero-order chi connectivity index (χ0) is 27.4. The van der Waals surface area contributed by atoms with Crippen LogP contribution in [0.3, 0.4) is 0 Å². The second-order valence-corrected chi connectivity index (χ2v) is 10.1. The molecule has 0 spiro atoms. The molecule has 0 saturated carbocycles. The normalized spacial score (nSPS) is 15.5. The van der Waals surface area contributed by atoms with Gasteiger partial charge in [-0.05, 0) is 86.0 Å². The first kappa shape index (κ1) is 23.8. The Morgan fingerprint density at radius 2 is 1.68 bits per heavy atom. The van der Waals surface area contributed by atoms with Gasteiger partial charge in [0.15, 0.2) is 23.3 Å². The van der Waals surface area contributed by atoms with Crippen molar-refractivity contribution in [2.45, 2.75) is 26.8 Å². The molecule has 196 valence electrons. The molecule has 0 fully saturated rings. The molecule has 5 aromatic rings. The molecule has 40 heavy (non-hydrogen) atoms. The molecule has 8 nitrogen and oxygen atoms in total. The predicted molar refractivity (Wildman–Crippen MR) is 159 cm³/mol. The van der Waals surface area contributed by atoms with Gasteiger partial charge in [-0.2, -0.15) is 9.78 Å². The van der Waals surface area contributed by atoms with Crippen LogP contribution in [-0.4, -0.2) is 31.5 Å². The highest BCUT2D eigenvalue weighted by Gasteiger charge is 2.41. The van der Waals surface area contributed by atoms with Crippen LogP contribution in [-0.2, 0) is 0 Å². The standard InChI is InChI=1S/C32H27N7O/c1-19-14-15-23(17-20(19)2)34-30-32-36-31-28(21(3)37-39(31)27-13-6-7-16-33-27)29(22-9-8-10-24(40)18-22)38(32)26-12-5-4-11-25(26)35-30/h4-18,29,40H,1-3H3,(H,34,35)/t29-/m1/s1. The van der Waals surface area contributed by atoms with E-state index in [-0.39, 0.29) is 11.8 Å². The molecule has 2 aliphatic rings. The lowest BCUT2D eigenvalue weighted by Gasteiger charge is -2.40. The van der Waals surface area contributed by atoms with Gasteiger partial charge in [-0.1, -0.05) is 36.4 Å². The van der Waals surface area contributed by atoms with E-state index in [1.807, 2.05) is 55.5 Å². The molecule has 0 amide bonds. The topological polar surface area (TPSA) is 90.9 Å². The minimum absolute atomic E-state index is 0.199. The molecule has 3 aromatic carbocycles. The summed E-state index contributed by atoms with van der Waals surface area (Å²) in [4.78, 5) is 17.0. The number of anilines is 2. The van der Waals surface area contributed by atoms with Crippen LogP contribution in [0.4, 0.5) is 22.9 Å². The minimum atomic E-state index is -0.319. The van der Waals surface area contributed by atoms with Crippen molar-refractivity contribution >= 4 is 34.6 Å². The predicted octanol–water partition coefficient (Wildman–Crippen LogP) is 6.69. The summed E-state index contributed by atoms with van der Waals surface area (Å²) in [6.07, 6.45) is 1.75. The van der Waals surface area contributed by atoms with Crippen LogP contribution in [0.5, 0.6) is 5.75 Å². The maximum atomic E-state index is 10.5. The Bertz CT molecular complexity index is 1840. The van der Waals surface area contributed by atoms with Gasteiger partial charge in [-0.25, -0.2) is 15.0 Å². The van der Waals surface area contributed by atoms with E-state index in [2.05, 4.69) is 53.3 Å². The average molecular weight is 526 g/mol. The third kappa shape index (κ3) is 3.84. The summed E-state index contributed by atoms with van der Waals surface area (Å²) in [5, 5.41) is 19.0. The average Bonchev–Trinajstić information content (AvgIpc) is 3.30. The summed E-state index contributed by atoms with van der Waals surface area (Å²) < 4.78 is 1.79. The van der Waals surface area contributed by atoms with Crippen molar-refractivity contribution in [3.05, 3.63) is 119 Å². The van der Waals surface area contributed by atoms with E-state index in [1.54, 1.807) is 23.0 Å². The second kappa shape index (κ2) is 9.20. The third-order valence-corrected chi connectivity index (χ3v) is 7.46.